The van der Waals surface area contributed by atoms with Gasteiger partial charge in [0.2, 0.25) is 0 Å². The minimum Gasteiger partial charge on any atom is -0.366 e. The van der Waals surface area contributed by atoms with Gasteiger partial charge in [-0.05, 0) is 11.4 Å². The van der Waals surface area contributed by atoms with Crippen LogP contribution in [0.5, 0.6) is 0 Å². The number of anilines is 1. The number of rotatable bonds is 5. The van der Waals surface area contributed by atoms with Gasteiger partial charge in [-0.15, -0.1) is 11.3 Å². The van der Waals surface area contributed by atoms with Crippen LogP contribution in [0.4, 0.5) is 5.82 Å². The van der Waals surface area contributed by atoms with Crippen molar-refractivity contribution >= 4 is 23.1 Å². The number of nitriles is 1. The third kappa shape index (κ3) is 3.50. The molecule has 0 radical (unpaired) electrons. The van der Waals surface area contributed by atoms with E-state index in [1.165, 1.54) is 23.7 Å². The molecule has 2 aromatic heterocycles. The molecular formula is C12H11N5OS. The molecule has 0 saturated carbocycles. The molecule has 0 bridgehead atoms. The summed E-state index contributed by atoms with van der Waals surface area (Å²) < 4.78 is 0. The lowest BCUT2D eigenvalue weighted by Crippen LogP contribution is -2.28. The highest BCUT2D eigenvalue weighted by Crippen LogP contribution is 2.07. The van der Waals surface area contributed by atoms with Gasteiger partial charge in [0.15, 0.2) is 11.5 Å². The second-order valence-electron chi connectivity index (χ2n) is 3.53. The van der Waals surface area contributed by atoms with E-state index in [2.05, 4.69) is 20.6 Å². The Labute approximate surface area is 114 Å². The Bertz CT molecular complexity index is 590. The normalized spacial score (nSPS) is 9.63. The van der Waals surface area contributed by atoms with Gasteiger partial charge in [-0.1, -0.05) is 6.07 Å². The Morgan fingerprint density at radius 1 is 1.37 bits per heavy atom. The summed E-state index contributed by atoms with van der Waals surface area (Å²) in [5.74, 6) is 0.326. The molecule has 0 aliphatic heterocycles. The average molecular weight is 273 g/mol. The van der Waals surface area contributed by atoms with Crippen molar-refractivity contribution < 1.29 is 4.79 Å². The molecule has 1 amide bonds. The third-order valence-electron chi connectivity index (χ3n) is 2.25. The SMILES string of the molecule is N#Cc1nccnc1NCCNC(=O)c1cccs1. The number of nitrogens with one attached hydrogen (secondary N) is 2. The summed E-state index contributed by atoms with van der Waals surface area (Å²) in [6.07, 6.45) is 2.97. The lowest BCUT2D eigenvalue weighted by molar-refractivity contribution is 0.0959. The van der Waals surface area contributed by atoms with Crippen molar-refractivity contribution in [2.75, 3.05) is 18.4 Å². The molecule has 0 aliphatic carbocycles. The molecule has 7 heteroatoms. The summed E-state index contributed by atoms with van der Waals surface area (Å²) in [6, 6.07) is 5.54. The fourth-order valence-corrected chi connectivity index (χ4v) is 2.04. The Kier molecular flexibility index (Phi) is 4.42. The first kappa shape index (κ1) is 13.0. The predicted octanol–water partition coefficient (Wildman–Crippen LogP) is 1.25. The summed E-state index contributed by atoms with van der Waals surface area (Å²) in [4.78, 5) is 20.2. The lowest BCUT2D eigenvalue weighted by Gasteiger charge is -2.07. The van der Waals surface area contributed by atoms with Gasteiger partial charge in [-0.25, -0.2) is 9.97 Å². The van der Waals surface area contributed by atoms with E-state index in [1.807, 2.05) is 17.5 Å². The fraction of sp³-hybridized carbons (Fsp3) is 0.167. The standard InChI is InChI=1S/C12H11N5OS/c13-8-9-11(15-4-3-14-9)16-5-6-17-12(18)10-2-1-7-19-10/h1-4,7H,5-6H2,(H,15,16)(H,17,18). The van der Waals surface area contributed by atoms with E-state index < -0.39 is 0 Å². The Morgan fingerprint density at radius 3 is 2.95 bits per heavy atom. The molecule has 0 saturated heterocycles. The molecule has 0 spiro atoms. The zero-order chi connectivity index (χ0) is 13.5. The first-order chi connectivity index (χ1) is 9.31. The predicted molar refractivity (Wildman–Crippen MR) is 71.9 cm³/mol. The number of aromatic nitrogens is 2. The summed E-state index contributed by atoms with van der Waals surface area (Å²) in [5.41, 5.74) is 0.243. The highest BCUT2D eigenvalue weighted by Gasteiger charge is 2.06. The smallest absolute Gasteiger partial charge is 0.261 e. The molecule has 0 atom stereocenters. The van der Waals surface area contributed by atoms with E-state index in [0.29, 0.717) is 23.8 Å². The fourth-order valence-electron chi connectivity index (χ4n) is 1.40. The minimum atomic E-state index is -0.101. The van der Waals surface area contributed by atoms with Gasteiger partial charge >= 0.3 is 0 Å². The number of carbonyl (C=O) groups is 1. The van der Waals surface area contributed by atoms with Gasteiger partial charge in [-0.2, -0.15) is 5.26 Å². The zero-order valence-corrected chi connectivity index (χ0v) is 10.8. The highest BCUT2D eigenvalue weighted by molar-refractivity contribution is 7.12. The number of thiophene rings is 1. The average Bonchev–Trinajstić information content (AvgIpc) is 2.98. The quantitative estimate of drug-likeness (QED) is 0.800. The summed E-state index contributed by atoms with van der Waals surface area (Å²) in [6.45, 7) is 0.919. The molecule has 2 heterocycles. The van der Waals surface area contributed by atoms with Crippen molar-refractivity contribution in [2.24, 2.45) is 0 Å². The molecule has 19 heavy (non-hydrogen) atoms. The van der Waals surface area contributed by atoms with Crippen molar-refractivity contribution in [1.29, 1.82) is 5.26 Å². The molecule has 6 nitrogen and oxygen atoms in total. The molecule has 0 unspecified atom stereocenters. The number of hydrogen-bond acceptors (Lipinski definition) is 6. The number of carbonyl (C=O) groups excluding carboxylic acids is 1. The van der Waals surface area contributed by atoms with Gasteiger partial charge in [0.05, 0.1) is 4.88 Å². The van der Waals surface area contributed by atoms with E-state index in [9.17, 15) is 4.79 Å². The molecule has 2 N–H and O–H groups in total. The van der Waals surface area contributed by atoms with Crippen LogP contribution in [0.3, 0.4) is 0 Å². The monoisotopic (exact) mass is 273 g/mol. The van der Waals surface area contributed by atoms with Crippen LogP contribution in [0.2, 0.25) is 0 Å². The van der Waals surface area contributed by atoms with E-state index in [1.54, 1.807) is 6.07 Å². The second-order valence-corrected chi connectivity index (χ2v) is 4.47. The topological polar surface area (TPSA) is 90.7 Å². The molecule has 2 aromatic rings. The van der Waals surface area contributed by atoms with Crippen LogP contribution in [0, 0.1) is 11.3 Å². The number of nitrogens with zero attached hydrogens (tertiary/aromatic N) is 3. The second kappa shape index (κ2) is 6.47. The Balaban J connectivity index is 1.78. The van der Waals surface area contributed by atoms with Crippen LogP contribution in [-0.2, 0) is 0 Å². The maximum absolute atomic E-state index is 11.6. The van der Waals surface area contributed by atoms with Crippen molar-refractivity contribution in [3.05, 3.63) is 40.5 Å². The van der Waals surface area contributed by atoms with Crippen LogP contribution in [-0.4, -0.2) is 29.0 Å². The molecule has 96 valence electrons. The van der Waals surface area contributed by atoms with E-state index >= 15 is 0 Å². The van der Waals surface area contributed by atoms with Gasteiger partial charge in [0.1, 0.15) is 6.07 Å². The maximum Gasteiger partial charge on any atom is 0.261 e. The van der Waals surface area contributed by atoms with Crippen molar-refractivity contribution in [3.8, 4) is 6.07 Å². The van der Waals surface area contributed by atoms with Crippen LogP contribution < -0.4 is 10.6 Å². The maximum atomic E-state index is 11.6. The molecule has 0 aliphatic rings. The Morgan fingerprint density at radius 2 is 2.21 bits per heavy atom. The van der Waals surface area contributed by atoms with E-state index in [4.69, 9.17) is 5.26 Å². The van der Waals surface area contributed by atoms with Crippen molar-refractivity contribution in [2.45, 2.75) is 0 Å². The van der Waals surface area contributed by atoms with Gasteiger partial charge < -0.3 is 10.6 Å². The van der Waals surface area contributed by atoms with Gasteiger partial charge in [0.25, 0.3) is 5.91 Å². The molecule has 0 fully saturated rings. The summed E-state index contributed by atoms with van der Waals surface area (Å²) in [5, 5.41) is 16.4. The van der Waals surface area contributed by atoms with Crippen LogP contribution in [0.15, 0.2) is 29.9 Å². The lowest BCUT2D eigenvalue weighted by atomic mass is 10.4. The Hall–Kier alpha value is -2.46. The van der Waals surface area contributed by atoms with Gasteiger partial charge in [-0.3, -0.25) is 4.79 Å². The molecule has 0 aromatic carbocycles. The van der Waals surface area contributed by atoms with Crippen molar-refractivity contribution in [3.63, 3.8) is 0 Å². The molecular weight excluding hydrogens is 262 g/mol. The number of amides is 1. The van der Waals surface area contributed by atoms with Crippen LogP contribution >= 0.6 is 11.3 Å². The highest BCUT2D eigenvalue weighted by atomic mass is 32.1. The zero-order valence-electron chi connectivity index (χ0n) is 9.96. The molecule has 2 rings (SSSR count). The van der Waals surface area contributed by atoms with E-state index in [-0.39, 0.29) is 11.6 Å². The minimum absolute atomic E-state index is 0.101. The van der Waals surface area contributed by atoms with E-state index in [0.717, 1.165) is 0 Å². The first-order valence-corrected chi connectivity index (χ1v) is 6.46. The van der Waals surface area contributed by atoms with Crippen molar-refractivity contribution in [1.82, 2.24) is 15.3 Å². The first-order valence-electron chi connectivity index (χ1n) is 5.58. The largest absolute Gasteiger partial charge is 0.366 e. The number of hydrogen-bond donors (Lipinski definition) is 2. The summed E-state index contributed by atoms with van der Waals surface area (Å²) in [7, 11) is 0. The van der Waals surface area contributed by atoms with Crippen LogP contribution in [0.25, 0.3) is 0 Å². The van der Waals surface area contributed by atoms with Gasteiger partial charge in [0, 0.05) is 25.5 Å². The summed E-state index contributed by atoms with van der Waals surface area (Å²) >= 11 is 1.39. The van der Waals surface area contributed by atoms with Crippen LogP contribution in [0.1, 0.15) is 15.4 Å². The third-order valence-corrected chi connectivity index (χ3v) is 3.12.